The summed E-state index contributed by atoms with van der Waals surface area (Å²) in [4.78, 5) is 16.2. The minimum atomic E-state index is -2.13. The highest BCUT2D eigenvalue weighted by Crippen LogP contribution is 2.54. The number of methoxy groups -OCH3 is 1. The van der Waals surface area contributed by atoms with Crippen LogP contribution >= 0.6 is 11.6 Å². The number of nitrogen functional groups attached to an aromatic ring is 1. The molecule has 8 heteroatoms. The molecular formula is C25H31ClF2N2O2Si. The molecule has 1 aliphatic rings. The molecule has 1 aromatic carbocycles. The van der Waals surface area contributed by atoms with Crippen molar-refractivity contribution in [3.63, 3.8) is 0 Å². The number of pyridine rings is 1. The molecule has 2 aromatic rings. The largest absolute Gasteiger partial charge is 0.464 e. The molecule has 0 spiro atoms. The molecule has 0 bridgehead atoms. The minimum absolute atomic E-state index is 0.0485. The number of aromatic nitrogens is 1. The van der Waals surface area contributed by atoms with Crippen LogP contribution in [0.25, 0.3) is 17.3 Å². The minimum Gasteiger partial charge on any atom is -0.464 e. The molecule has 3 rings (SSSR count). The van der Waals surface area contributed by atoms with E-state index in [4.69, 9.17) is 17.3 Å². The molecule has 1 unspecified atom stereocenters. The number of nitrogens with zero attached hydrogens (tertiary/aromatic N) is 1. The Kier molecular flexibility index (Phi) is 7.06. The van der Waals surface area contributed by atoms with Crippen molar-refractivity contribution in [1.29, 1.82) is 0 Å². The number of hydrogen-bond donors (Lipinski definition) is 1. The molecule has 0 radical (unpaired) electrons. The van der Waals surface area contributed by atoms with Crippen LogP contribution in [0.4, 0.5) is 14.5 Å². The SMILES string of the molecule is COC(=O)c1nc(-c2ccc3c(c2F)C([Si](C(C)C)(C(C)C)C(C)C)C=C3)c(F)c(N)c1Cl. The normalized spacial score (nSPS) is 15.6. The van der Waals surface area contributed by atoms with Crippen molar-refractivity contribution in [3.8, 4) is 11.3 Å². The van der Waals surface area contributed by atoms with Gasteiger partial charge < -0.3 is 10.5 Å². The fourth-order valence-electron chi connectivity index (χ4n) is 6.01. The van der Waals surface area contributed by atoms with Gasteiger partial charge in [-0.15, -0.1) is 0 Å². The maximum absolute atomic E-state index is 16.2. The Balaban J connectivity index is 2.30. The van der Waals surface area contributed by atoms with Crippen LogP contribution in [0, 0.1) is 11.6 Å². The number of nitrogens with two attached hydrogens (primary N) is 1. The predicted octanol–water partition coefficient (Wildman–Crippen LogP) is 7.38. The van der Waals surface area contributed by atoms with E-state index in [1.807, 2.05) is 6.08 Å². The summed E-state index contributed by atoms with van der Waals surface area (Å²) in [5, 5.41) is -0.352. The highest BCUT2D eigenvalue weighted by atomic mass is 35.5. The van der Waals surface area contributed by atoms with Crippen LogP contribution in [0.1, 0.15) is 68.7 Å². The first-order valence-corrected chi connectivity index (χ1v) is 13.8. The Morgan fingerprint density at radius 1 is 1.09 bits per heavy atom. The van der Waals surface area contributed by atoms with E-state index in [0.717, 1.165) is 12.7 Å². The summed E-state index contributed by atoms with van der Waals surface area (Å²) in [6, 6.07) is 3.25. The fraction of sp³-hybridized carbons (Fsp3) is 0.440. The van der Waals surface area contributed by atoms with Gasteiger partial charge in [0.1, 0.15) is 11.5 Å². The molecule has 1 heterocycles. The van der Waals surface area contributed by atoms with Gasteiger partial charge in [0, 0.05) is 11.1 Å². The molecule has 0 fully saturated rings. The maximum atomic E-state index is 16.2. The second-order valence-corrected chi connectivity index (χ2v) is 16.0. The summed E-state index contributed by atoms with van der Waals surface area (Å²) in [5.74, 6) is -2.38. The number of allylic oxidation sites excluding steroid dienone is 1. The van der Waals surface area contributed by atoms with E-state index in [1.54, 1.807) is 6.07 Å². The molecule has 0 saturated carbocycles. The van der Waals surface area contributed by atoms with E-state index in [-0.39, 0.29) is 27.5 Å². The maximum Gasteiger partial charge on any atom is 0.358 e. The van der Waals surface area contributed by atoms with E-state index < -0.39 is 31.4 Å². The fourth-order valence-corrected chi connectivity index (χ4v) is 13.6. The molecule has 1 atom stereocenters. The molecule has 33 heavy (non-hydrogen) atoms. The Morgan fingerprint density at radius 3 is 2.18 bits per heavy atom. The van der Waals surface area contributed by atoms with Crippen LogP contribution in [-0.2, 0) is 4.74 Å². The first-order valence-electron chi connectivity index (χ1n) is 11.1. The molecule has 2 N–H and O–H groups in total. The predicted molar refractivity (Wildman–Crippen MR) is 133 cm³/mol. The molecule has 0 saturated heterocycles. The summed E-state index contributed by atoms with van der Waals surface area (Å²) in [5.41, 5.74) is 7.07. The van der Waals surface area contributed by atoms with Crippen LogP contribution in [0.15, 0.2) is 18.2 Å². The Morgan fingerprint density at radius 2 is 1.67 bits per heavy atom. The van der Waals surface area contributed by atoms with Gasteiger partial charge in [-0.3, -0.25) is 0 Å². The summed E-state index contributed by atoms with van der Waals surface area (Å²) >= 11 is 6.03. The average molecular weight is 493 g/mol. The Labute approximate surface area is 200 Å². The number of benzene rings is 1. The number of rotatable bonds is 6. The molecule has 0 amide bonds. The third-order valence-corrected chi connectivity index (χ3v) is 15.2. The second-order valence-electron chi connectivity index (χ2n) is 9.57. The molecule has 0 aliphatic heterocycles. The van der Waals surface area contributed by atoms with Crippen molar-refractivity contribution in [2.45, 2.75) is 63.7 Å². The Hall–Kier alpha value is -2.25. The van der Waals surface area contributed by atoms with E-state index >= 15 is 8.78 Å². The van der Waals surface area contributed by atoms with Crippen LogP contribution in [0.3, 0.4) is 0 Å². The smallest absolute Gasteiger partial charge is 0.358 e. The monoisotopic (exact) mass is 492 g/mol. The zero-order valence-electron chi connectivity index (χ0n) is 20.1. The lowest BCUT2D eigenvalue weighted by Gasteiger charge is -2.47. The quantitative estimate of drug-likeness (QED) is 0.337. The van der Waals surface area contributed by atoms with Crippen molar-refractivity contribution in [3.05, 3.63) is 51.7 Å². The van der Waals surface area contributed by atoms with E-state index in [2.05, 4.69) is 57.3 Å². The van der Waals surface area contributed by atoms with Crippen molar-refractivity contribution in [1.82, 2.24) is 4.98 Å². The van der Waals surface area contributed by atoms with Gasteiger partial charge >= 0.3 is 5.97 Å². The first-order chi connectivity index (χ1) is 15.4. The lowest BCUT2D eigenvalue weighted by atomic mass is 10.0. The number of fused-ring (bicyclic) bond motifs is 1. The van der Waals surface area contributed by atoms with Crippen LogP contribution in [0.2, 0.25) is 21.6 Å². The zero-order valence-corrected chi connectivity index (χ0v) is 21.8. The van der Waals surface area contributed by atoms with Gasteiger partial charge in [-0.25, -0.2) is 18.6 Å². The molecule has 178 valence electrons. The van der Waals surface area contributed by atoms with Crippen molar-refractivity contribution in [2.24, 2.45) is 0 Å². The highest BCUT2D eigenvalue weighted by molar-refractivity contribution is 6.85. The zero-order chi connectivity index (χ0) is 24.8. The summed E-state index contributed by atoms with van der Waals surface area (Å²) in [7, 11) is -0.977. The lowest BCUT2D eigenvalue weighted by Crippen LogP contribution is -2.49. The van der Waals surface area contributed by atoms with Gasteiger partial charge in [0.25, 0.3) is 0 Å². The summed E-state index contributed by atoms with van der Waals surface area (Å²) in [6.07, 6.45) is 4.07. The second kappa shape index (κ2) is 9.18. The summed E-state index contributed by atoms with van der Waals surface area (Å²) in [6.45, 7) is 13.4. The highest BCUT2D eigenvalue weighted by Gasteiger charge is 2.51. The van der Waals surface area contributed by atoms with Gasteiger partial charge in [-0.05, 0) is 33.8 Å². The van der Waals surface area contributed by atoms with Crippen LogP contribution < -0.4 is 5.73 Å². The topological polar surface area (TPSA) is 65.2 Å². The number of anilines is 1. The van der Waals surface area contributed by atoms with E-state index in [1.165, 1.54) is 6.07 Å². The Bertz CT molecular complexity index is 1110. The van der Waals surface area contributed by atoms with Gasteiger partial charge in [0.2, 0.25) is 0 Å². The number of hydrogen-bond acceptors (Lipinski definition) is 4. The molecule has 4 nitrogen and oxygen atoms in total. The van der Waals surface area contributed by atoms with Gasteiger partial charge in [-0.1, -0.05) is 71.4 Å². The van der Waals surface area contributed by atoms with E-state index in [9.17, 15) is 4.79 Å². The van der Waals surface area contributed by atoms with Crippen molar-refractivity contribution < 1.29 is 18.3 Å². The van der Waals surface area contributed by atoms with E-state index in [0.29, 0.717) is 22.2 Å². The number of carbonyl (C=O) groups excluding carboxylic acids is 1. The van der Waals surface area contributed by atoms with Crippen molar-refractivity contribution >= 4 is 37.4 Å². The molecule has 1 aliphatic carbocycles. The number of ether oxygens (including phenoxy) is 1. The number of carbonyl (C=O) groups is 1. The average Bonchev–Trinajstić information content (AvgIpc) is 3.17. The number of halogens is 3. The third kappa shape index (κ3) is 3.79. The van der Waals surface area contributed by atoms with Crippen molar-refractivity contribution in [2.75, 3.05) is 12.8 Å². The molecular weight excluding hydrogens is 462 g/mol. The first kappa shape index (κ1) is 25.4. The number of esters is 1. The van der Waals surface area contributed by atoms with Gasteiger partial charge in [0.15, 0.2) is 11.5 Å². The molecule has 1 aromatic heterocycles. The third-order valence-electron chi connectivity index (χ3n) is 7.28. The standard InChI is InChI=1S/C25H31ClF2N2O2Si/c1-12(2)33(13(3)4,14(5)6)17-11-9-15-8-10-16(20(27)18(15)17)23-21(28)22(29)19(26)24(30-23)25(31)32-7/h8-14,17H,1-7H3,(H2,29,30). The van der Waals surface area contributed by atoms with Crippen LogP contribution in [-0.4, -0.2) is 26.1 Å². The lowest BCUT2D eigenvalue weighted by molar-refractivity contribution is 0.0594. The van der Waals surface area contributed by atoms with Gasteiger partial charge in [-0.2, -0.15) is 0 Å². The van der Waals surface area contributed by atoms with Crippen LogP contribution in [0.5, 0.6) is 0 Å². The van der Waals surface area contributed by atoms with Gasteiger partial charge in [0.05, 0.1) is 25.9 Å². The summed E-state index contributed by atoms with van der Waals surface area (Å²) < 4.78 is 36.1.